The summed E-state index contributed by atoms with van der Waals surface area (Å²) in [4.78, 5) is 2.50. The van der Waals surface area contributed by atoms with E-state index in [1.165, 1.54) is 27.8 Å². The number of piperazine rings is 1. The number of nitrogens with zero attached hydrogens (tertiary/aromatic N) is 1. The number of aryl methyl sites for hydroxylation is 2. The second-order valence-electron chi connectivity index (χ2n) is 5.63. The third-order valence-corrected chi connectivity index (χ3v) is 4.28. The van der Waals surface area contributed by atoms with Gasteiger partial charge in [-0.1, -0.05) is 18.2 Å². The standard InChI is InChI=1S/C17H26N2/c1-13-12-14(2)16(4)17(15(13)3)6-5-9-19-10-7-18-8-11-19/h5-6,12,18H,7-11H2,1-4H3/b6-5+. The number of nitrogens with one attached hydrogen (secondary N) is 1. The van der Waals surface area contributed by atoms with E-state index in [9.17, 15) is 0 Å². The molecule has 0 spiro atoms. The molecule has 1 aromatic carbocycles. The van der Waals surface area contributed by atoms with Gasteiger partial charge in [0.2, 0.25) is 0 Å². The lowest BCUT2D eigenvalue weighted by Crippen LogP contribution is -2.43. The molecular formula is C17H26N2. The van der Waals surface area contributed by atoms with Crippen molar-refractivity contribution in [2.24, 2.45) is 0 Å². The van der Waals surface area contributed by atoms with Crippen molar-refractivity contribution in [2.75, 3.05) is 32.7 Å². The van der Waals surface area contributed by atoms with E-state index in [1.807, 2.05) is 0 Å². The lowest BCUT2D eigenvalue weighted by molar-refractivity contribution is 0.265. The molecule has 2 heteroatoms. The molecule has 2 nitrogen and oxygen atoms in total. The summed E-state index contributed by atoms with van der Waals surface area (Å²) in [5.41, 5.74) is 7.03. The van der Waals surface area contributed by atoms with Crippen LogP contribution in [0.1, 0.15) is 27.8 Å². The minimum atomic E-state index is 1.06. The van der Waals surface area contributed by atoms with E-state index in [1.54, 1.807) is 0 Å². The van der Waals surface area contributed by atoms with Crippen LogP contribution in [0.4, 0.5) is 0 Å². The molecule has 2 rings (SSSR count). The smallest absolute Gasteiger partial charge is 0.0167 e. The average Bonchev–Trinajstić information content (AvgIpc) is 2.42. The van der Waals surface area contributed by atoms with Gasteiger partial charge in [-0.15, -0.1) is 0 Å². The van der Waals surface area contributed by atoms with Crippen LogP contribution in [0, 0.1) is 27.7 Å². The van der Waals surface area contributed by atoms with Gasteiger partial charge in [0.1, 0.15) is 0 Å². The van der Waals surface area contributed by atoms with Gasteiger partial charge in [0.25, 0.3) is 0 Å². The molecule has 1 fully saturated rings. The van der Waals surface area contributed by atoms with Crippen molar-refractivity contribution in [3.8, 4) is 0 Å². The summed E-state index contributed by atoms with van der Waals surface area (Å²) in [6.07, 6.45) is 4.63. The van der Waals surface area contributed by atoms with Crippen molar-refractivity contribution in [1.29, 1.82) is 0 Å². The Morgan fingerprint density at radius 1 is 1.05 bits per heavy atom. The van der Waals surface area contributed by atoms with E-state index in [-0.39, 0.29) is 0 Å². The summed E-state index contributed by atoms with van der Waals surface area (Å²) in [5, 5.41) is 3.39. The first-order chi connectivity index (χ1) is 9.09. The van der Waals surface area contributed by atoms with E-state index in [0.717, 1.165) is 32.7 Å². The number of hydrogen-bond donors (Lipinski definition) is 1. The molecular weight excluding hydrogens is 232 g/mol. The van der Waals surface area contributed by atoms with Crippen molar-refractivity contribution >= 4 is 6.08 Å². The highest BCUT2D eigenvalue weighted by atomic mass is 15.2. The number of hydrogen-bond acceptors (Lipinski definition) is 2. The predicted octanol–water partition coefficient (Wildman–Crippen LogP) is 2.84. The highest BCUT2D eigenvalue weighted by Crippen LogP contribution is 2.22. The maximum atomic E-state index is 3.39. The summed E-state index contributed by atoms with van der Waals surface area (Å²) < 4.78 is 0. The molecule has 0 saturated carbocycles. The number of rotatable bonds is 3. The summed E-state index contributed by atoms with van der Waals surface area (Å²) in [6, 6.07) is 2.29. The van der Waals surface area contributed by atoms with Gasteiger partial charge in [0, 0.05) is 32.7 Å². The SMILES string of the molecule is Cc1cc(C)c(C)c(/C=C/CN2CCNCC2)c1C. The van der Waals surface area contributed by atoms with Gasteiger partial charge in [-0.25, -0.2) is 0 Å². The van der Waals surface area contributed by atoms with E-state index in [0.29, 0.717) is 0 Å². The van der Waals surface area contributed by atoms with Crippen molar-refractivity contribution in [3.63, 3.8) is 0 Å². The molecule has 0 unspecified atom stereocenters. The predicted molar refractivity (Wildman–Crippen MR) is 83.7 cm³/mol. The molecule has 0 atom stereocenters. The molecule has 1 N–H and O–H groups in total. The van der Waals surface area contributed by atoms with Crippen LogP contribution >= 0.6 is 0 Å². The molecule has 0 bridgehead atoms. The summed E-state index contributed by atoms with van der Waals surface area (Å²) in [6.45, 7) is 14.5. The van der Waals surface area contributed by atoms with Gasteiger partial charge < -0.3 is 5.32 Å². The van der Waals surface area contributed by atoms with Crippen LogP contribution in [-0.2, 0) is 0 Å². The summed E-state index contributed by atoms with van der Waals surface area (Å²) in [5.74, 6) is 0. The fourth-order valence-electron chi connectivity index (χ4n) is 2.71. The Labute approximate surface area is 117 Å². The molecule has 0 aliphatic carbocycles. The third kappa shape index (κ3) is 3.46. The molecule has 1 aliphatic rings. The summed E-state index contributed by atoms with van der Waals surface area (Å²) >= 11 is 0. The molecule has 0 aromatic heterocycles. The van der Waals surface area contributed by atoms with Gasteiger partial charge in [-0.05, 0) is 55.5 Å². The second-order valence-corrected chi connectivity index (χ2v) is 5.63. The van der Waals surface area contributed by atoms with E-state index >= 15 is 0 Å². The molecule has 104 valence electrons. The summed E-state index contributed by atoms with van der Waals surface area (Å²) in [7, 11) is 0. The van der Waals surface area contributed by atoms with Crippen LogP contribution in [-0.4, -0.2) is 37.6 Å². The zero-order chi connectivity index (χ0) is 13.8. The number of benzene rings is 1. The zero-order valence-electron chi connectivity index (χ0n) is 12.7. The van der Waals surface area contributed by atoms with E-state index in [4.69, 9.17) is 0 Å². The molecule has 0 amide bonds. The molecule has 1 heterocycles. The Morgan fingerprint density at radius 2 is 1.63 bits per heavy atom. The van der Waals surface area contributed by atoms with Crippen LogP contribution in [0.2, 0.25) is 0 Å². The maximum Gasteiger partial charge on any atom is 0.0167 e. The zero-order valence-corrected chi connectivity index (χ0v) is 12.7. The van der Waals surface area contributed by atoms with Crippen LogP contribution in [0.25, 0.3) is 6.08 Å². The topological polar surface area (TPSA) is 15.3 Å². The minimum Gasteiger partial charge on any atom is -0.314 e. The van der Waals surface area contributed by atoms with Gasteiger partial charge >= 0.3 is 0 Å². The Hall–Kier alpha value is -1.12. The largest absolute Gasteiger partial charge is 0.314 e. The normalized spacial score (nSPS) is 17.3. The Bertz CT molecular complexity index is 442. The molecule has 0 radical (unpaired) electrons. The quantitative estimate of drug-likeness (QED) is 0.897. The highest BCUT2D eigenvalue weighted by molar-refractivity contribution is 5.61. The third-order valence-electron chi connectivity index (χ3n) is 4.28. The monoisotopic (exact) mass is 258 g/mol. The van der Waals surface area contributed by atoms with Gasteiger partial charge in [0.15, 0.2) is 0 Å². The van der Waals surface area contributed by atoms with Crippen molar-refractivity contribution in [2.45, 2.75) is 27.7 Å². The molecule has 1 aliphatic heterocycles. The van der Waals surface area contributed by atoms with Gasteiger partial charge in [-0.3, -0.25) is 4.90 Å². The van der Waals surface area contributed by atoms with Crippen LogP contribution in [0.3, 0.4) is 0 Å². The van der Waals surface area contributed by atoms with E-state index in [2.05, 4.69) is 56.1 Å². The average molecular weight is 258 g/mol. The molecule has 1 aromatic rings. The first kappa shape index (κ1) is 14.3. The van der Waals surface area contributed by atoms with Crippen LogP contribution in [0.15, 0.2) is 12.1 Å². The fraction of sp³-hybridized carbons (Fsp3) is 0.529. The van der Waals surface area contributed by atoms with E-state index < -0.39 is 0 Å². The Kier molecular flexibility index (Phi) is 4.78. The first-order valence-electron chi connectivity index (χ1n) is 7.26. The van der Waals surface area contributed by atoms with Gasteiger partial charge in [-0.2, -0.15) is 0 Å². The lowest BCUT2D eigenvalue weighted by atomic mass is 9.94. The first-order valence-corrected chi connectivity index (χ1v) is 7.26. The minimum absolute atomic E-state index is 1.06. The Balaban J connectivity index is 2.09. The second kappa shape index (κ2) is 6.36. The van der Waals surface area contributed by atoms with Crippen molar-refractivity contribution in [3.05, 3.63) is 40.0 Å². The van der Waals surface area contributed by atoms with Crippen LogP contribution in [0.5, 0.6) is 0 Å². The Morgan fingerprint density at radius 3 is 2.21 bits per heavy atom. The van der Waals surface area contributed by atoms with Crippen LogP contribution < -0.4 is 5.32 Å². The molecule has 1 saturated heterocycles. The lowest BCUT2D eigenvalue weighted by Gasteiger charge is -2.25. The highest BCUT2D eigenvalue weighted by Gasteiger charge is 2.08. The fourth-order valence-corrected chi connectivity index (χ4v) is 2.71. The van der Waals surface area contributed by atoms with Gasteiger partial charge in [0.05, 0.1) is 0 Å². The molecule has 19 heavy (non-hydrogen) atoms. The van der Waals surface area contributed by atoms with Crippen molar-refractivity contribution in [1.82, 2.24) is 10.2 Å². The van der Waals surface area contributed by atoms with Crippen molar-refractivity contribution < 1.29 is 0 Å². The maximum absolute atomic E-state index is 3.39.